The first kappa shape index (κ1) is 24.3. The van der Waals surface area contributed by atoms with E-state index in [4.69, 9.17) is 4.98 Å². The molecule has 0 saturated heterocycles. The number of aromatic nitrogens is 2. The molecule has 7 heteroatoms. The van der Waals surface area contributed by atoms with Gasteiger partial charge in [-0.1, -0.05) is 53.7 Å². The van der Waals surface area contributed by atoms with E-state index in [1.54, 1.807) is 4.57 Å². The Balaban J connectivity index is 1.62. The lowest BCUT2D eigenvalue weighted by atomic mass is 9.71. The summed E-state index contributed by atoms with van der Waals surface area (Å²) in [4.78, 5) is 31.0. The summed E-state index contributed by atoms with van der Waals surface area (Å²) in [6.45, 7) is 12.8. The number of rotatable bonds is 4. The van der Waals surface area contributed by atoms with Crippen LogP contribution in [0.3, 0.4) is 0 Å². The lowest BCUT2D eigenvalue weighted by Crippen LogP contribution is -2.37. The van der Waals surface area contributed by atoms with Crippen LogP contribution in [0.25, 0.3) is 10.9 Å². The molecule has 0 fully saturated rings. The minimum atomic E-state index is -0.295. The number of dihydropyridines is 1. The van der Waals surface area contributed by atoms with Gasteiger partial charge < -0.3 is 5.32 Å². The predicted octanol–water partition coefficient (Wildman–Crippen LogP) is 5.04. The van der Waals surface area contributed by atoms with Gasteiger partial charge in [0.25, 0.3) is 5.56 Å². The van der Waals surface area contributed by atoms with Gasteiger partial charge in [-0.3, -0.25) is 14.2 Å². The van der Waals surface area contributed by atoms with Gasteiger partial charge in [-0.25, -0.2) is 4.98 Å². The number of hydrogen-bond donors (Lipinski definition) is 1. The topological polar surface area (TPSA) is 87.8 Å². The van der Waals surface area contributed by atoms with Crippen LogP contribution < -0.4 is 10.9 Å². The van der Waals surface area contributed by atoms with Gasteiger partial charge in [-0.2, -0.15) is 5.26 Å². The number of thioether (sulfide) groups is 1. The average molecular weight is 477 g/mol. The quantitative estimate of drug-likeness (QED) is 0.665. The second-order valence-electron chi connectivity index (χ2n) is 11.0. The predicted molar refractivity (Wildman–Crippen MR) is 137 cm³/mol. The van der Waals surface area contributed by atoms with Crippen molar-refractivity contribution in [3.05, 3.63) is 62.3 Å². The van der Waals surface area contributed by atoms with Crippen molar-refractivity contribution in [2.24, 2.45) is 11.3 Å². The van der Waals surface area contributed by atoms with Gasteiger partial charge in [-0.05, 0) is 24.0 Å². The molecule has 1 aromatic carbocycles. The summed E-state index contributed by atoms with van der Waals surface area (Å²) in [6.07, 6.45) is 1.29. The molecule has 34 heavy (non-hydrogen) atoms. The average Bonchev–Trinajstić information content (AvgIpc) is 2.73. The summed E-state index contributed by atoms with van der Waals surface area (Å²) in [5.41, 5.74) is 2.56. The van der Waals surface area contributed by atoms with Gasteiger partial charge in [-0.15, -0.1) is 11.8 Å². The van der Waals surface area contributed by atoms with Gasteiger partial charge >= 0.3 is 0 Å². The highest BCUT2D eigenvalue weighted by Gasteiger charge is 2.39. The Morgan fingerprint density at radius 1 is 1.24 bits per heavy atom. The number of benzene rings is 1. The second kappa shape index (κ2) is 8.74. The van der Waals surface area contributed by atoms with Crippen LogP contribution in [0.15, 0.2) is 50.9 Å². The fourth-order valence-electron chi connectivity index (χ4n) is 4.94. The summed E-state index contributed by atoms with van der Waals surface area (Å²) < 4.78 is 1.77. The molecule has 2 aromatic rings. The summed E-state index contributed by atoms with van der Waals surface area (Å²) in [5, 5.41) is 14.7. The third-order valence-electron chi connectivity index (χ3n) is 6.51. The first-order valence-corrected chi connectivity index (χ1v) is 12.7. The zero-order valence-electron chi connectivity index (χ0n) is 20.8. The number of nitrogens with zero attached hydrogens (tertiary/aromatic N) is 3. The maximum atomic E-state index is 13.3. The van der Waals surface area contributed by atoms with Crippen molar-refractivity contribution in [2.45, 2.75) is 66.3 Å². The number of ketones is 1. The Bertz CT molecular complexity index is 1340. The van der Waals surface area contributed by atoms with Crippen molar-refractivity contribution in [1.82, 2.24) is 14.9 Å². The van der Waals surface area contributed by atoms with Crippen LogP contribution in [0.5, 0.6) is 0 Å². The van der Waals surface area contributed by atoms with Crippen LogP contribution in [-0.2, 0) is 16.8 Å². The first-order valence-electron chi connectivity index (χ1n) is 11.7. The molecule has 178 valence electrons. The number of nitrogens with one attached hydrogen (secondary N) is 1. The molecular formula is C27H32N4O2S. The monoisotopic (exact) mass is 476 g/mol. The molecule has 4 rings (SSSR count). The van der Waals surface area contributed by atoms with E-state index < -0.39 is 0 Å². The van der Waals surface area contributed by atoms with E-state index in [0.717, 1.165) is 28.5 Å². The number of carbonyl (C=O) groups is 1. The molecule has 0 radical (unpaired) electrons. The molecule has 6 nitrogen and oxygen atoms in total. The van der Waals surface area contributed by atoms with Crippen LogP contribution >= 0.6 is 11.8 Å². The van der Waals surface area contributed by atoms with Gasteiger partial charge in [0.2, 0.25) is 0 Å². The van der Waals surface area contributed by atoms with Crippen LogP contribution in [0.4, 0.5) is 0 Å². The molecule has 0 spiro atoms. The van der Waals surface area contributed by atoms with E-state index in [0.29, 0.717) is 35.2 Å². The zero-order valence-corrected chi connectivity index (χ0v) is 21.6. The number of hydrogen-bond acceptors (Lipinski definition) is 6. The molecule has 0 bridgehead atoms. The minimum Gasteiger partial charge on any atom is -0.352 e. The molecule has 1 aliphatic heterocycles. The SMILES string of the molecule is CC1C(C#N)=C(SCCn2c(C(C)(C)C)nc3ccccc3c2=O)NC2=C1C(=O)CC(C)(C)C2. The van der Waals surface area contributed by atoms with Crippen molar-refractivity contribution in [3.8, 4) is 6.07 Å². The fraction of sp³-hybridized carbons (Fsp3) is 0.481. The number of fused-ring (bicyclic) bond motifs is 1. The van der Waals surface area contributed by atoms with Gasteiger partial charge in [0.1, 0.15) is 5.82 Å². The standard InChI is InChI=1S/C27H32N4O2S/c1-16-18(15-28)23(29-20-13-27(5,6)14-21(32)22(16)20)34-12-11-31-24(33)17-9-7-8-10-19(17)30-25(31)26(2,3)4/h7-10,16,29H,11-14H2,1-6H3. The van der Waals surface area contributed by atoms with Gasteiger partial charge in [0, 0.05) is 41.3 Å². The minimum absolute atomic E-state index is 0.0415. The Morgan fingerprint density at radius 3 is 2.62 bits per heavy atom. The van der Waals surface area contributed by atoms with E-state index in [1.807, 2.05) is 31.2 Å². The van der Waals surface area contributed by atoms with Crippen LogP contribution in [0, 0.1) is 22.7 Å². The van der Waals surface area contributed by atoms with Gasteiger partial charge in [0.15, 0.2) is 5.78 Å². The normalized spacial score (nSPS) is 20.3. The van der Waals surface area contributed by atoms with Crippen molar-refractivity contribution in [2.75, 3.05) is 5.75 Å². The maximum absolute atomic E-state index is 13.3. The van der Waals surface area contributed by atoms with Crippen LogP contribution in [0.2, 0.25) is 0 Å². The molecule has 1 unspecified atom stereocenters. The largest absolute Gasteiger partial charge is 0.352 e. The van der Waals surface area contributed by atoms with Crippen molar-refractivity contribution in [3.63, 3.8) is 0 Å². The van der Waals surface area contributed by atoms with E-state index in [-0.39, 0.29) is 28.1 Å². The molecule has 0 saturated carbocycles. The molecule has 1 aliphatic carbocycles. The first-order chi connectivity index (χ1) is 15.9. The third-order valence-corrected chi connectivity index (χ3v) is 7.51. The number of para-hydroxylation sites is 1. The molecule has 1 N–H and O–H groups in total. The van der Waals surface area contributed by atoms with Crippen LogP contribution in [-0.4, -0.2) is 21.1 Å². The molecule has 1 aromatic heterocycles. The molecule has 2 heterocycles. The summed E-state index contributed by atoms with van der Waals surface area (Å²) in [6, 6.07) is 9.77. The fourth-order valence-corrected chi connectivity index (χ4v) is 5.99. The Labute approximate surface area is 205 Å². The Hall–Kier alpha value is -2.85. The molecule has 0 amide bonds. The smallest absolute Gasteiger partial charge is 0.261 e. The number of allylic oxidation sites excluding steroid dienone is 3. The van der Waals surface area contributed by atoms with Crippen molar-refractivity contribution >= 4 is 28.4 Å². The molecule has 2 aliphatic rings. The lowest BCUT2D eigenvalue weighted by molar-refractivity contribution is -0.118. The third kappa shape index (κ3) is 4.44. The van der Waals surface area contributed by atoms with E-state index in [2.05, 4.69) is 46.0 Å². The number of Topliss-reactive ketones (excluding diaryl/α,β-unsaturated/α-hetero) is 1. The van der Waals surface area contributed by atoms with E-state index in [1.165, 1.54) is 11.8 Å². The Kier molecular flexibility index (Phi) is 6.24. The summed E-state index contributed by atoms with van der Waals surface area (Å²) >= 11 is 1.53. The highest BCUT2D eigenvalue weighted by molar-refractivity contribution is 8.03. The summed E-state index contributed by atoms with van der Waals surface area (Å²) in [5.74, 6) is 1.26. The number of nitriles is 1. The Morgan fingerprint density at radius 2 is 1.94 bits per heavy atom. The summed E-state index contributed by atoms with van der Waals surface area (Å²) in [7, 11) is 0. The maximum Gasteiger partial charge on any atom is 0.261 e. The van der Waals surface area contributed by atoms with E-state index in [9.17, 15) is 14.9 Å². The number of carbonyl (C=O) groups excluding carboxylic acids is 1. The van der Waals surface area contributed by atoms with E-state index >= 15 is 0 Å². The van der Waals surface area contributed by atoms with Crippen molar-refractivity contribution in [1.29, 1.82) is 5.26 Å². The second-order valence-corrected chi connectivity index (χ2v) is 12.1. The lowest BCUT2D eigenvalue weighted by Gasteiger charge is -2.37. The van der Waals surface area contributed by atoms with Crippen molar-refractivity contribution < 1.29 is 4.79 Å². The van der Waals surface area contributed by atoms with Gasteiger partial charge in [0.05, 0.1) is 27.6 Å². The van der Waals surface area contributed by atoms with Crippen LogP contribution in [0.1, 0.15) is 60.2 Å². The highest BCUT2D eigenvalue weighted by atomic mass is 32.2. The molecule has 1 atom stereocenters. The zero-order chi connectivity index (χ0) is 24.8. The molecular weight excluding hydrogens is 444 g/mol. The highest BCUT2D eigenvalue weighted by Crippen LogP contribution is 2.44.